The maximum Gasteiger partial charge on any atom is 0.135 e. The van der Waals surface area contributed by atoms with Crippen LogP contribution in [0.2, 0.25) is 0 Å². The molecule has 0 unspecified atom stereocenters. The van der Waals surface area contributed by atoms with Crippen LogP contribution in [0.25, 0.3) is 98.0 Å². The van der Waals surface area contributed by atoms with Gasteiger partial charge in [0.1, 0.15) is 11.5 Å². The Morgan fingerprint density at radius 1 is 0.286 bits per heavy atom. The van der Waals surface area contributed by atoms with Crippen LogP contribution in [0.1, 0.15) is 0 Å². The van der Waals surface area contributed by atoms with E-state index in [2.05, 4.69) is 158 Å². The Morgan fingerprint density at radius 2 is 0.939 bits per heavy atom. The first-order valence-corrected chi connectivity index (χ1v) is 16.9. The molecule has 49 heavy (non-hydrogen) atoms. The zero-order valence-corrected chi connectivity index (χ0v) is 26.6. The number of fused-ring (bicyclic) bond motifs is 9. The maximum atomic E-state index is 6.38. The largest absolute Gasteiger partial charge is 0.456 e. The van der Waals surface area contributed by atoms with Crippen LogP contribution in [0.15, 0.2) is 170 Å². The lowest BCUT2D eigenvalue weighted by atomic mass is 9.86. The van der Waals surface area contributed by atoms with E-state index in [4.69, 9.17) is 4.74 Å². The van der Waals surface area contributed by atoms with Crippen LogP contribution in [-0.4, -0.2) is 0 Å². The third-order valence-electron chi connectivity index (χ3n) is 10.6. The van der Waals surface area contributed by atoms with E-state index < -0.39 is 0 Å². The van der Waals surface area contributed by atoms with Crippen LogP contribution in [0, 0.1) is 0 Å². The summed E-state index contributed by atoms with van der Waals surface area (Å²) in [6.45, 7) is 0. The first-order valence-electron chi connectivity index (χ1n) is 16.9. The quantitative estimate of drug-likeness (QED) is 0.138. The molecule has 226 valence electrons. The second kappa shape index (κ2) is 10.0. The van der Waals surface area contributed by atoms with Crippen LogP contribution in [0.4, 0.5) is 0 Å². The van der Waals surface area contributed by atoms with Crippen LogP contribution >= 0.6 is 0 Å². The van der Waals surface area contributed by atoms with Gasteiger partial charge in [-0.15, -0.1) is 0 Å². The number of rotatable bonds is 2. The van der Waals surface area contributed by atoms with E-state index >= 15 is 0 Å². The monoisotopic (exact) mass is 620 g/mol. The summed E-state index contributed by atoms with van der Waals surface area (Å²) in [4.78, 5) is 0. The van der Waals surface area contributed by atoms with Gasteiger partial charge < -0.3 is 4.74 Å². The number of ether oxygens (including phenoxy) is 1. The number of para-hydroxylation sites is 1. The number of hydrogen-bond donors (Lipinski definition) is 0. The molecular weight excluding hydrogens is 593 g/mol. The SMILES string of the molecule is c1ccc2c(c1)Oc1ccc(-c3ccc4cc(-c5c6ccc7ccccc7c6cc6ccc7ccccc7c56)ccc4c3)c3cccc-2c13. The molecule has 0 fully saturated rings. The van der Waals surface area contributed by atoms with Gasteiger partial charge in [-0.05, 0) is 117 Å². The fourth-order valence-electron chi connectivity index (χ4n) is 8.35. The van der Waals surface area contributed by atoms with Crippen LogP contribution in [0.3, 0.4) is 0 Å². The lowest BCUT2D eigenvalue weighted by Crippen LogP contribution is -1.97. The minimum atomic E-state index is 0.914. The highest BCUT2D eigenvalue weighted by Gasteiger charge is 2.21. The lowest BCUT2D eigenvalue weighted by Gasteiger charge is -2.22. The van der Waals surface area contributed by atoms with Gasteiger partial charge in [-0.3, -0.25) is 0 Å². The Balaban J connectivity index is 1.12. The van der Waals surface area contributed by atoms with Gasteiger partial charge in [0.05, 0.1) is 0 Å². The number of hydrogen-bond acceptors (Lipinski definition) is 1. The first-order chi connectivity index (χ1) is 24.3. The van der Waals surface area contributed by atoms with Crippen molar-refractivity contribution in [3.8, 4) is 44.9 Å². The molecule has 0 atom stereocenters. The van der Waals surface area contributed by atoms with E-state index in [1.54, 1.807) is 0 Å². The standard InChI is InChI=1S/C48H28O/c1-3-10-36-29(8-1)22-23-42-43(36)28-35-20-16-30-9-2-4-11-38(30)46(35)47(42)34-21-18-31-26-33(19-17-32(31)27-34)37-24-25-45-48-40(37)13-7-14-41(48)39-12-5-6-15-44(39)49-45/h1-28H. The van der Waals surface area contributed by atoms with Crippen molar-refractivity contribution < 1.29 is 4.74 Å². The molecule has 10 aromatic carbocycles. The molecule has 0 amide bonds. The molecule has 0 N–H and O–H groups in total. The molecule has 0 saturated heterocycles. The second-order valence-electron chi connectivity index (χ2n) is 13.2. The van der Waals surface area contributed by atoms with Crippen molar-refractivity contribution in [1.82, 2.24) is 0 Å². The van der Waals surface area contributed by atoms with Crippen molar-refractivity contribution in [3.05, 3.63) is 170 Å². The van der Waals surface area contributed by atoms with Crippen molar-refractivity contribution >= 4 is 64.6 Å². The van der Waals surface area contributed by atoms with Gasteiger partial charge in [0.2, 0.25) is 0 Å². The molecule has 1 heterocycles. The molecule has 0 spiro atoms. The fraction of sp³-hybridized carbons (Fsp3) is 0. The van der Waals surface area contributed by atoms with Crippen molar-refractivity contribution in [2.75, 3.05) is 0 Å². The van der Waals surface area contributed by atoms with Gasteiger partial charge in [-0.25, -0.2) is 0 Å². The highest BCUT2D eigenvalue weighted by Crippen LogP contribution is 2.49. The summed E-state index contributed by atoms with van der Waals surface area (Å²) >= 11 is 0. The maximum absolute atomic E-state index is 6.38. The molecule has 0 aromatic heterocycles. The molecule has 0 bridgehead atoms. The van der Waals surface area contributed by atoms with Crippen molar-refractivity contribution in [1.29, 1.82) is 0 Å². The summed E-state index contributed by atoms with van der Waals surface area (Å²) in [5.74, 6) is 1.83. The van der Waals surface area contributed by atoms with Crippen molar-refractivity contribution in [2.24, 2.45) is 0 Å². The molecule has 1 aliphatic rings. The van der Waals surface area contributed by atoms with Gasteiger partial charge in [0, 0.05) is 10.9 Å². The summed E-state index contributed by atoms with van der Waals surface area (Å²) in [7, 11) is 0. The predicted octanol–water partition coefficient (Wildman–Crippen LogP) is 13.7. The average Bonchev–Trinajstić information content (AvgIpc) is 3.17. The highest BCUT2D eigenvalue weighted by molar-refractivity contribution is 6.26. The lowest BCUT2D eigenvalue weighted by molar-refractivity contribution is 0.487. The molecule has 11 rings (SSSR count). The third kappa shape index (κ3) is 3.87. The van der Waals surface area contributed by atoms with Crippen LogP contribution in [-0.2, 0) is 0 Å². The molecule has 0 saturated carbocycles. The molecule has 1 nitrogen and oxygen atoms in total. The Labute approximate surface area is 283 Å². The van der Waals surface area contributed by atoms with E-state index in [1.165, 1.54) is 92.5 Å². The zero-order chi connectivity index (χ0) is 32.1. The third-order valence-corrected chi connectivity index (χ3v) is 10.6. The minimum absolute atomic E-state index is 0.914. The Kier molecular flexibility index (Phi) is 5.45. The molecule has 1 aliphatic heterocycles. The molecular formula is C48H28O. The summed E-state index contributed by atoms with van der Waals surface area (Å²) in [6.07, 6.45) is 0. The minimum Gasteiger partial charge on any atom is -0.456 e. The molecule has 0 aliphatic carbocycles. The Bertz CT molecular complexity index is 3020. The van der Waals surface area contributed by atoms with E-state index in [0.29, 0.717) is 0 Å². The summed E-state index contributed by atoms with van der Waals surface area (Å²) < 4.78 is 6.38. The van der Waals surface area contributed by atoms with E-state index in [-0.39, 0.29) is 0 Å². The normalized spacial score (nSPS) is 12.2. The average molecular weight is 621 g/mol. The van der Waals surface area contributed by atoms with E-state index in [0.717, 1.165) is 17.1 Å². The van der Waals surface area contributed by atoms with E-state index in [9.17, 15) is 0 Å². The summed E-state index contributed by atoms with van der Waals surface area (Å²) in [5, 5.41) is 15.1. The summed E-state index contributed by atoms with van der Waals surface area (Å²) in [6, 6.07) is 62.2. The predicted molar refractivity (Wildman–Crippen MR) is 208 cm³/mol. The zero-order valence-electron chi connectivity index (χ0n) is 26.6. The highest BCUT2D eigenvalue weighted by atomic mass is 16.5. The topological polar surface area (TPSA) is 9.23 Å². The van der Waals surface area contributed by atoms with Gasteiger partial charge in [-0.1, -0.05) is 140 Å². The Morgan fingerprint density at radius 3 is 1.84 bits per heavy atom. The number of benzene rings is 10. The van der Waals surface area contributed by atoms with Gasteiger partial charge in [-0.2, -0.15) is 0 Å². The molecule has 0 radical (unpaired) electrons. The van der Waals surface area contributed by atoms with E-state index in [1.807, 2.05) is 12.1 Å². The van der Waals surface area contributed by atoms with Gasteiger partial charge in [0.25, 0.3) is 0 Å². The molecule has 1 heteroatoms. The van der Waals surface area contributed by atoms with Crippen molar-refractivity contribution in [2.45, 2.75) is 0 Å². The fourth-order valence-corrected chi connectivity index (χ4v) is 8.35. The molecule has 10 aromatic rings. The second-order valence-corrected chi connectivity index (χ2v) is 13.2. The van der Waals surface area contributed by atoms with Gasteiger partial charge in [0.15, 0.2) is 0 Å². The van der Waals surface area contributed by atoms with Crippen LogP contribution in [0.5, 0.6) is 11.5 Å². The summed E-state index contributed by atoms with van der Waals surface area (Å²) in [5.41, 5.74) is 7.32. The van der Waals surface area contributed by atoms with Crippen molar-refractivity contribution in [3.63, 3.8) is 0 Å². The van der Waals surface area contributed by atoms with Crippen LogP contribution < -0.4 is 4.74 Å². The Hall–Kier alpha value is -6.44. The van der Waals surface area contributed by atoms with Gasteiger partial charge >= 0.3 is 0 Å². The smallest absolute Gasteiger partial charge is 0.135 e. The first kappa shape index (κ1) is 26.6.